The Balaban J connectivity index is 1.69. The number of nitrogens with zero attached hydrogens (tertiary/aromatic N) is 1. The number of hydrazone groups is 1. The maximum atomic E-state index is 11.7. The van der Waals surface area contributed by atoms with Gasteiger partial charge in [0, 0.05) is 22.4 Å². The number of hydrogen-bond donors (Lipinski definition) is 1. The molecule has 100 valence electrons. The quantitative estimate of drug-likeness (QED) is 0.522. The van der Waals surface area contributed by atoms with Gasteiger partial charge in [0.2, 0.25) is 0 Å². The molecular weight excluding hydrogens is 276 g/mol. The molecule has 0 saturated carbocycles. The molecule has 3 rings (SSSR count). The van der Waals surface area contributed by atoms with Crippen LogP contribution in [-0.2, 0) is 0 Å². The molecule has 2 aromatic rings. The fourth-order valence-corrected chi connectivity index (χ4v) is 2.26. The summed E-state index contributed by atoms with van der Waals surface area (Å²) in [4.78, 5) is 15.4. The van der Waals surface area contributed by atoms with Crippen LogP contribution in [0.3, 0.4) is 0 Å². The van der Waals surface area contributed by atoms with E-state index in [1.165, 1.54) is 11.9 Å². The monoisotopic (exact) mass is 286 g/mol. The minimum absolute atomic E-state index is 0.425. The van der Waals surface area contributed by atoms with Crippen LogP contribution >= 0.6 is 11.9 Å². The molecule has 0 aromatic heterocycles. The molecule has 2 aromatic carbocycles. The number of rotatable bonds is 2. The number of benzene rings is 2. The first kappa shape index (κ1) is 12.6. The molecule has 0 fully saturated rings. The van der Waals surface area contributed by atoms with Crippen molar-refractivity contribution in [3.8, 4) is 11.5 Å². The van der Waals surface area contributed by atoms with E-state index in [0.29, 0.717) is 11.5 Å². The molecule has 6 heteroatoms. The standard InChI is InChI=1S/C14H10N2O3S/c17-14(18-11-4-2-1-3-5-11)19-12-7-6-10-9-15-16-20-13(10)8-12/h1-9,16H. The van der Waals surface area contributed by atoms with Crippen LogP contribution in [0, 0.1) is 0 Å². The molecule has 0 bridgehead atoms. The number of carbonyl (C=O) groups is 1. The first-order valence-corrected chi connectivity index (χ1v) is 6.66. The Morgan fingerprint density at radius 2 is 1.85 bits per heavy atom. The average molecular weight is 286 g/mol. The maximum Gasteiger partial charge on any atom is 0.519 e. The summed E-state index contributed by atoms with van der Waals surface area (Å²) < 4.78 is 10.2. The summed E-state index contributed by atoms with van der Waals surface area (Å²) in [5.74, 6) is 0.868. The molecule has 1 aliphatic rings. The van der Waals surface area contributed by atoms with Crippen LogP contribution in [0.1, 0.15) is 5.56 Å². The van der Waals surface area contributed by atoms with E-state index in [1.807, 2.05) is 12.1 Å². The van der Waals surface area contributed by atoms with E-state index in [0.717, 1.165) is 10.5 Å². The number of carbonyl (C=O) groups excluding carboxylic acids is 1. The fourth-order valence-electron chi connectivity index (χ4n) is 1.65. The van der Waals surface area contributed by atoms with Gasteiger partial charge in [0.1, 0.15) is 11.5 Å². The van der Waals surface area contributed by atoms with Crippen LogP contribution < -0.4 is 14.3 Å². The zero-order chi connectivity index (χ0) is 13.8. The predicted octanol–water partition coefficient (Wildman–Crippen LogP) is 3.21. The Hall–Kier alpha value is -2.47. The summed E-state index contributed by atoms with van der Waals surface area (Å²) in [5.41, 5.74) is 0.970. The van der Waals surface area contributed by atoms with Gasteiger partial charge in [0.05, 0.1) is 6.21 Å². The summed E-state index contributed by atoms with van der Waals surface area (Å²) in [6, 6.07) is 14.1. The molecule has 0 atom stereocenters. The van der Waals surface area contributed by atoms with Gasteiger partial charge in [-0.3, -0.25) is 0 Å². The summed E-state index contributed by atoms with van der Waals surface area (Å²) in [6.07, 6.45) is 0.941. The van der Waals surface area contributed by atoms with E-state index in [4.69, 9.17) is 9.47 Å². The van der Waals surface area contributed by atoms with Gasteiger partial charge in [-0.25, -0.2) is 9.63 Å². The molecule has 0 radical (unpaired) electrons. The summed E-state index contributed by atoms with van der Waals surface area (Å²) in [6.45, 7) is 0. The van der Waals surface area contributed by atoms with Crippen molar-refractivity contribution < 1.29 is 14.3 Å². The van der Waals surface area contributed by atoms with E-state index in [-0.39, 0.29) is 0 Å². The third-order valence-corrected chi connectivity index (χ3v) is 3.31. The van der Waals surface area contributed by atoms with Crippen LogP contribution in [0.4, 0.5) is 4.79 Å². The normalized spacial score (nSPS) is 12.2. The van der Waals surface area contributed by atoms with Crippen molar-refractivity contribution in [2.24, 2.45) is 5.10 Å². The Morgan fingerprint density at radius 3 is 2.70 bits per heavy atom. The maximum absolute atomic E-state index is 11.7. The Bertz CT molecular complexity index is 659. The summed E-state index contributed by atoms with van der Waals surface area (Å²) >= 11 is 1.35. The van der Waals surface area contributed by atoms with Crippen LogP contribution in [0.15, 0.2) is 58.5 Å². The minimum atomic E-state index is -0.765. The summed E-state index contributed by atoms with van der Waals surface area (Å²) in [7, 11) is 0. The minimum Gasteiger partial charge on any atom is -0.395 e. The zero-order valence-corrected chi connectivity index (χ0v) is 11.1. The van der Waals surface area contributed by atoms with Crippen molar-refractivity contribution in [1.82, 2.24) is 4.83 Å². The number of fused-ring (bicyclic) bond motifs is 1. The lowest BCUT2D eigenvalue weighted by atomic mass is 10.2. The van der Waals surface area contributed by atoms with Crippen molar-refractivity contribution in [2.75, 3.05) is 0 Å². The van der Waals surface area contributed by atoms with Crippen LogP contribution in [-0.4, -0.2) is 12.4 Å². The number of nitrogens with one attached hydrogen (secondary N) is 1. The molecule has 1 heterocycles. The second kappa shape index (κ2) is 5.66. The predicted molar refractivity (Wildman–Crippen MR) is 76.1 cm³/mol. The van der Waals surface area contributed by atoms with Crippen molar-refractivity contribution in [3.63, 3.8) is 0 Å². The SMILES string of the molecule is O=C(Oc1ccccc1)Oc1ccc2c(c1)SNN=C2. The number of hydrogen-bond acceptors (Lipinski definition) is 6. The van der Waals surface area contributed by atoms with Gasteiger partial charge >= 0.3 is 6.16 Å². The van der Waals surface area contributed by atoms with Gasteiger partial charge in [-0.05, 0) is 30.3 Å². The first-order chi connectivity index (χ1) is 9.81. The van der Waals surface area contributed by atoms with E-state index in [2.05, 4.69) is 9.93 Å². The second-order valence-corrected chi connectivity index (χ2v) is 4.74. The highest BCUT2D eigenvalue weighted by atomic mass is 32.2. The smallest absolute Gasteiger partial charge is 0.395 e. The van der Waals surface area contributed by atoms with Gasteiger partial charge in [0.25, 0.3) is 0 Å². The molecular formula is C14H10N2O3S. The highest BCUT2D eigenvalue weighted by Crippen LogP contribution is 2.27. The Kier molecular flexibility index (Phi) is 3.56. The molecule has 20 heavy (non-hydrogen) atoms. The number of para-hydroxylation sites is 1. The van der Waals surface area contributed by atoms with Gasteiger partial charge in [-0.15, -0.1) is 0 Å². The van der Waals surface area contributed by atoms with Gasteiger partial charge < -0.3 is 9.47 Å². The van der Waals surface area contributed by atoms with Crippen molar-refractivity contribution in [3.05, 3.63) is 54.1 Å². The molecule has 1 aliphatic heterocycles. The largest absolute Gasteiger partial charge is 0.519 e. The topological polar surface area (TPSA) is 59.9 Å². The second-order valence-electron chi connectivity index (χ2n) is 3.92. The molecule has 0 unspecified atom stereocenters. The first-order valence-electron chi connectivity index (χ1n) is 5.85. The fraction of sp³-hybridized carbons (Fsp3) is 0. The molecule has 0 spiro atoms. The van der Waals surface area contributed by atoms with E-state index in [9.17, 15) is 4.79 Å². The number of ether oxygens (including phenoxy) is 2. The lowest BCUT2D eigenvalue weighted by molar-refractivity contribution is 0.152. The van der Waals surface area contributed by atoms with E-state index >= 15 is 0 Å². The third-order valence-electron chi connectivity index (χ3n) is 2.54. The van der Waals surface area contributed by atoms with Crippen molar-refractivity contribution in [2.45, 2.75) is 4.90 Å². The average Bonchev–Trinajstić information content (AvgIpc) is 2.48. The van der Waals surface area contributed by atoms with Crippen molar-refractivity contribution in [1.29, 1.82) is 0 Å². The molecule has 0 aliphatic carbocycles. The van der Waals surface area contributed by atoms with E-state index < -0.39 is 6.16 Å². The van der Waals surface area contributed by atoms with Gasteiger partial charge in [-0.2, -0.15) is 5.10 Å². The van der Waals surface area contributed by atoms with Gasteiger partial charge in [-0.1, -0.05) is 18.2 Å². The lowest BCUT2D eigenvalue weighted by Gasteiger charge is -2.11. The molecule has 5 nitrogen and oxygen atoms in total. The zero-order valence-electron chi connectivity index (χ0n) is 10.3. The third kappa shape index (κ3) is 2.92. The highest BCUT2D eigenvalue weighted by Gasteiger charge is 2.11. The highest BCUT2D eigenvalue weighted by molar-refractivity contribution is 7.97. The van der Waals surface area contributed by atoms with Gasteiger partial charge in [0.15, 0.2) is 0 Å². The summed E-state index contributed by atoms with van der Waals surface area (Å²) in [5, 5.41) is 3.92. The molecule has 1 N–H and O–H groups in total. The van der Waals surface area contributed by atoms with Crippen LogP contribution in [0.25, 0.3) is 0 Å². The molecule has 0 amide bonds. The van der Waals surface area contributed by atoms with E-state index in [1.54, 1.807) is 42.6 Å². The Labute approximate surface area is 119 Å². The lowest BCUT2D eigenvalue weighted by Crippen LogP contribution is -2.14. The Morgan fingerprint density at radius 1 is 1.05 bits per heavy atom. The molecule has 0 saturated heterocycles. The van der Waals surface area contributed by atoms with Crippen LogP contribution in [0.5, 0.6) is 11.5 Å². The van der Waals surface area contributed by atoms with Crippen LogP contribution in [0.2, 0.25) is 0 Å². The van der Waals surface area contributed by atoms with Crippen molar-refractivity contribution >= 4 is 24.3 Å².